The van der Waals surface area contributed by atoms with Gasteiger partial charge in [0.1, 0.15) is 0 Å². The van der Waals surface area contributed by atoms with Crippen molar-refractivity contribution in [2.45, 2.75) is 25.8 Å². The molecule has 5 nitrogen and oxygen atoms in total. The van der Waals surface area contributed by atoms with Crippen LogP contribution in [0.5, 0.6) is 0 Å². The van der Waals surface area contributed by atoms with Crippen molar-refractivity contribution >= 4 is 24.2 Å². The Morgan fingerprint density at radius 3 is 2.43 bits per heavy atom. The summed E-state index contributed by atoms with van der Waals surface area (Å²) in [5.74, 6) is 0.306. The van der Waals surface area contributed by atoms with Crippen LogP contribution in [0.1, 0.15) is 24.8 Å². The van der Waals surface area contributed by atoms with Gasteiger partial charge in [0.25, 0.3) is 0 Å². The number of likely N-dealkylation sites (tertiary alicyclic amines) is 1. The van der Waals surface area contributed by atoms with Gasteiger partial charge in [0.05, 0.1) is 0 Å². The molecule has 0 unspecified atom stereocenters. The second-order valence-electron chi connectivity index (χ2n) is 5.71. The molecular weight excluding hydrogens is 314 g/mol. The molecule has 0 saturated carbocycles. The highest BCUT2D eigenvalue weighted by molar-refractivity contribution is 5.85. The number of benzene rings is 1. The lowest BCUT2D eigenvalue weighted by molar-refractivity contribution is -0.135. The van der Waals surface area contributed by atoms with Gasteiger partial charge in [0, 0.05) is 38.5 Å². The van der Waals surface area contributed by atoms with Gasteiger partial charge in [-0.2, -0.15) is 0 Å². The van der Waals surface area contributed by atoms with Crippen LogP contribution in [-0.4, -0.2) is 43.4 Å². The molecule has 2 N–H and O–H groups in total. The average molecular weight is 340 g/mol. The topological polar surface area (TPSA) is 61.4 Å². The van der Waals surface area contributed by atoms with Crippen molar-refractivity contribution in [1.82, 2.24) is 15.5 Å². The number of amides is 2. The lowest BCUT2D eigenvalue weighted by Gasteiger charge is -2.31. The van der Waals surface area contributed by atoms with Crippen LogP contribution < -0.4 is 10.6 Å². The van der Waals surface area contributed by atoms with Crippen molar-refractivity contribution in [3.05, 3.63) is 35.9 Å². The minimum atomic E-state index is 0. The fraction of sp³-hybridized carbons (Fsp3) is 0.529. The first-order valence-electron chi connectivity index (χ1n) is 7.94. The lowest BCUT2D eigenvalue weighted by Crippen LogP contribution is -2.43. The summed E-state index contributed by atoms with van der Waals surface area (Å²) in [5.41, 5.74) is 1.11. The van der Waals surface area contributed by atoms with Crippen LogP contribution in [0.4, 0.5) is 0 Å². The third-order valence-corrected chi connectivity index (χ3v) is 4.12. The monoisotopic (exact) mass is 339 g/mol. The van der Waals surface area contributed by atoms with Crippen LogP contribution in [0.15, 0.2) is 30.3 Å². The SMILES string of the molecule is CNCCC(=O)N1CCC(C(=O)NCc2ccccc2)CC1.Cl. The number of piperidine rings is 1. The molecule has 0 bridgehead atoms. The highest BCUT2D eigenvalue weighted by Gasteiger charge is 2.26. The molecule has 1 aliphatic rings. The van der Waals surface area contributed by atoms with E-state index in [1.807, 2.05) is 42.3 Å². The average Bonchev–Trinajstić information content (AvgIpc) is 2.58. The van der Waals surface area contributed by atoms with Crippen molar-refractivity contribution in [2.75, 3.05) is 26.7 Å². The lowest BCUT2D eigenvalue weighted by atomic mass is 9.95. The second kappa shape index (κ2) is 10.2. The first kappa shape index (κ1) is 19.5. The molecule has 0 aromatic heterocycles. The first-order valence-corrected chi connectivity index (χ1v) is 7.94. The summed E-state index contributed by atoms with van der Waals surface area (Å²) in [6, 6.07) is 9.91. The Hall–Kier alpha value is -1.59. The van der Waals surface area contributed by atoms with Crippen molar-refractivity contribution in [3.63, 3.8) is 0 Å². The van der Waals surface area contributed by atoms with E-state index in [1.54, 1.807) is 0 Å². The largest absolute Gasteiger partial charge is 0.352 e. The molecule has 2 amide bonds. The molecule has 128 valence electrons. The summed E-state index contributed by atoms with van der Waals surface area (Å²) in [6.45, 7) is 2.65. The molecule has 0 spiro atoms. The van der Waals surface area contributed by atoms with Gasteiger partial charge >= 0.3 is 0 Å². The molecule has 1 aromatic carbocycles. The maximum atomic E-state index is 12.2. The predicted octanol–water partition coefficient (Wildman–Crippen LogP) is 1.57. The standard InChI is InChI=1S/C17H25N3O2.ClH/c1-18-10-7-16(21)20-11-8-15(9-12-20)17(22)19-13-14-5-3-2-4-6-14;/h2-6,15,18H,7-13H2,1H3,(H,19,22);1H. The van der Waals surface area contributed by atoms with Gasteiger partial charge in [0.2, 0.25) is 11.8 Å². The zero-order valence-corrected chi connectivity index (χ0v) is 14.4. The van der Waals surface area contributed by atoms with Gasteiger partial charge in [-0.3, -0.25) is 9.59 Å². The van der Waals surface area contributed by atoms with Crippen LogP contribution in [0.3, 0.4) is 0 Å². The highest BCUT2D eigenvalue weighted by Crippen LogP contribution is 2.18. The Labute approximate surface area is 144 Å². The van der Waals surface area contributed by atoms with E-state index >= 15 is 0 Å². The second-order valence-corrected chi connectivity index (χ2v) is 5.71. The van der Waals surface area contributed by atoms with Crippen molar-refractivity contribution in [1.29, 1.82) is 0 Å². The van der Waals surface area contributed by atoms with Crippen molar-refractivity contribution < 1.29 is 9.59 Å². The molecule has 0 radical (unpaired) electrons. The molecule has 2 rings (SSSR count). The first-order chi connectivity index (χ1) is 10.7. The van der Waals surface area contributed by atoms with Gasteiger partial charge in [-0.1, -0.05) is 30.3 Å². The van der Waals surface area contributed by atoms with Crippen LogP contribution >= 0.6 is 12.4 Å². The van der Waals surface area contributed by atoms with Gasteiger partial charge < -0.3 is 15.5 Å². The van der Waals surface area contributed by atoms with Crippen LogP contribution in [0, 0.1) is 5.92 Å². The number of nitrogens with one attached hydrogen (secondary N) is 2. The number of hydrogen-bond donors (Lipinski definition) is 2. The van der Waals surface area contributed by atoms with E-state index in [2.05, 4.69) is 10.6 Å². The zero-order chi connectivity index (χ0) is 15.8. The smallest absolute Gasteiger partial charge is 0.223 e. The van der Waals surface area contributed by atoms with Crippen LogP contribution in [0.2, 0.25) is 0 Å². The van der Waals surface area contributed by atoms with Crippen LogP contribution in [0.25, 0.3) is 0 Å². The maximum absolute atomic E-state index is 12.2. The molecule has 1 heterocycles. The molecule has 6 heteroatoms. The fourth-order valence-electron chi connectivity index (χ4n) is 2.71. The maximum Gasteiger partial charge on any atom is 0.223 e. The molecule has 1 saturated heterocycles. The van der Waals surface area contributed by atoms with Crippen molar-refractivity contribution in [3.8, 4) is 0 Å². The quantitative estimate of drug-likeness (QED) is 0.827. The number of hydrogen-bond acceptors (Lipinski definition) is 3. The highest BCUT2D eigenvalue weighted by atomic mass is 35.5. The summed E-state index contributed by atoms with van der Waals surface area (Å²) >= 11 is 0. The Balaban J connectivity index is 0.00000264. The molecule has 1 aromatic rings. The minimum absolute atomic E-state index is 0. The Bertz CT molecular complexity index is 488. The summed E-state index contributed by atoms with van der Waals surface area (Å²) in [7, 11) is 1.84. The molecule has 0 atom stereocenters. The van der Waals surface area contributed by atoms with Gasteiger partial charge in [-0.05, 0) is 25.5 Å². The Morgan fingerprint density at radius 2 is 1.83 bits per heavy atom. The number of carbonyl (C=O) groups excluding carboxylic acids is 2. The van der Waals surface area contributed by atoms with E-state index in [0.29, 0.717) is 32.6 Å². The molecule has 1 aliphatic heterocycles. The van der Waals surface area contributed by atoms with E-state index in [-0.39, 0.29) is 30.1 Å². The minimum Gasteiger partial charge on any atom is -0.352 e. The van der Waals surface area contributed by atoms with Gasteiger partial charge in [-0.15, -0.1) is 12.4 Å². The summed E-state index contributed by atoms with van der Waals surface area (Å²) in [6.07, 6.45) is 2.04. The Morgan fingerprint density at radius 1 is 1.17 bits per heavy atom. The molecular formula is C17H26ClN3O2. The predicted molar refractivity (Wildman–Crippen MR) is 93.4 cm³/mol. The molecule has 0 aliphatic carbocycles. The number of rotatable bonds is 6. The summed E-state index contributed by atoms with van der Waals surface area (Å²) < 4.78 is 0. The van der Waals surface area contributed by atoms with Crippen molar-refractivity contribution in [2.24, 2.45) is 5.92 Å². The van der Waals surface area contributed by atoms with Gasteiger partial charge in [-0.25, -0.2) is 0 Å². The third kappa shape index (κ3) is 6.20. The zero-order valence-electron chi connectivity index (χ0n) is 13.6. The Kier molecular flexibility index (Phi) is 8.66. The normalized spacial score (nSPS) is 14.9. The van der Waals surface area contributed by atoms with E-state index in [1.165, 1.54) is 0 Å². The summed E-state index contributed by atoms with van der Waals surface area (Å²) in [5, 5.41) is 5.98. The molecule has 23 heavy (non-hydrogen) atoms. The number of carbonyl (C=O) groups is 2. The van der Waals surface area contributed by atoms with E-state index < -0.39 is 0 Å². The number of halogens is 1. The summed E-state index contributed by atoms with van der Waals surface area (Å²) in [4.78, 5) is 26.0. The van der Waals surface area contributed by atoms with E-state index in [4.69, 9.17) is 0 Å². The fourth-order valence-corrected chi connectivity index (χ4v) is 2.71. The molecule has 1 fully saturated rings. The van der Waals surface area contributed by atoms with E-state index in [0.717, 1.165) is 18.4 Å². The van der Waals surface area contributed by atoms with Gasteiger partial charge in [0.15, 0.2) is 0 Å². The number of nitrogens with zero attached hydrogens (tertiary/aromatic N) is 1. The van der Waals surface area contributed by atoms with Crippen LogP contribution in [-0.2, 0) is 16.1 Å². The third-order valence-electron chi connectivity index (χ3n) is 4.12. The van der Waals surface area contributed by atoms with E-state index in [9.17, 15) is 9.59 Å².